The van der Waals surface area contributed by atoms with Gasteiger partial charge in [0.1, 0.15) is 0 Å². The molecule has 8 rings (SSSR count). The van der Waals surface area contributed by atoms with Crippen LogP contribution in [0.25, 0.3) is 33.4 Å². The third kappa shape index (κ3) is 7.63. The van der Waals surface area contributed by atoms with E-state index in [0.717, 1.165) is 29.9 Å². The first-order valence-electron chi connectivity index (χ1n) is 20.8. The van der Waals surface area contributed by atoms with Crippen LogP contribution in [0.4, 0.5) is 17.1 Å². The first-order valence-corrected chi connectivity index (χ1v) is 20.8. The number of fused-ring (bicyclic) bond motifs is 3. The Balaban J connectivity index is 0.00000252. The van der Waals surface area contributed by atoms with Gasteiger partial charge in [0.25, 0.3) is 0 Å². The fraction of sp³-hybridized carbons (Fsp3) is 0.161. The molecular weight excluding hydrogens is 701 g/mol. The zero-order chi connectivity index (χ0) is 40.5. The molecule has 1 unspecified atom stereocenters. The molecule has 7 aromatic rings. The van der Waals surface area contributed by atoms with Crippen molar-refractivity contribution in [3.8, 4) is 33.4 Å². The summed E-state index contributed by atoms with van der Waals surface area (Å²) in [6.45, 7) is 15.2. The largest absolute Gasteiger partial charge is 0.335 e. The first-order chi connectivity index (χ1) is 28.5. The number of allylic oxidation sites excluding steroid dienone is 4. The molecule has 0 heterocycles. The molecule has 2 heteroatoms. The van der Waals surface area contributed by atoms with Gasteiger partial charge in [-0.05, 0) is 119 Å². The minimum Gasteiger partial charge on any atom is -0.335 e. The molecule has 0 fully saturated rings. The van der Waals surface area contributed by atoms with E-state index in [9.17, 15) is 0 Å². The average Bonchev–Trinajstić information content (AvgIpc) is 3.58. The molecule has 7 aromatic carbocycles. The fourth-order valence-electron chi connectivity index (χ4n) is 8.52. The molecule has 0 amide bonds. The first kappa shape index (κ1) is 39.7. The molecule has 0 saturated heterocycles. The molecule has 0 bridgehead atoms. The molecule has 0 spiro atoms. The third-order valence-electron chi connectivity index (χ3n) is 11.3. The van der Waals surface area contributed by atoms with Gasteiger partial charge in [0, 0.05) is 12.2 Å². The van der Waals surface area contributed by atoms with Crippen LogP contribution >= 0.6 is 0 Å². The maximum Gasteiger partial charge on any atom is 0.0859 e. The number of para-hydroxylation sites is 3. The number of rotatable bonds is 12. The lowest BCUT2D eigenvalue weighted by Crippen LogP contribution is -2.29. The van der Waals surface area contributed by atoms with Crippen molar-refractivity contribution in [2.45, 2.75) is 59.4 Å². The number of hydrogen-bond donors (Lipinski definition) is 0. The minimum absolute atomic E-state index is 0.460. The summed E-state index contributed by atoms with van der Waals surface area (Å²) in [7, 11) is 0. The highest BCUT2D eigenvalue weighted by Crippen LogP contribution is 2.58. The van der Waals surface area contributed by atoms with Crippen LogP contribution in [0.3, 0.4) is 0 Å². The highest BCUT2D eigenvalue weighted by molar-refractivity contribution is 5.90. The Kier molecular flexibility index (Phi) is 12.4. The Bertz CT molecular complexity index is 2530. The van der Waals surface area contributed by atoms with Crippen molar-refractivity contribution >= 4 is 23.8 Å². The van der Waals surface area contributed by atoms with Gasteiger partial charge in [-0.3, -0.25) is 4.99 Å². The Morgan fingerprint density at radius 1 is 0.621 bits per heavy atom. The van der Waals surface area contributed by atoms with Gasteiger partial charge < -0.3 is 4.90 Å². The standard InChI is InChI=1S/C54H48N2.C2H6/c1-5-7-10-17-45(6-2)54(46-18-11-8-12-19-46)50-36-43(41-28-24-39(3)25-29-41)32-34-48(50)49-35-33-44(37-51(49)54)42-30-26-40(27-31-42)38-56(47-20-13-9-14-21-47)53-23-16-15-22-52(53)55-4;1-2/h7-37H,4-6,38H2,1-3H3;1-2H3/b10-7-,45-17+;. The van der Waals surface area contributed by atoms with Crippen molar-refractivity contribution in [1.82, 2.24) is 0 Å². The Hall–Kier alpha value is -6.51. The van der Waals surface area contributed by atoms with E-state index >= 15 is 0 Å². The van der Waals surface area contributed by atoms with E-state index in [4.69, 9.17) is 0 Å². The van der Waals surface area contributed by atoms with Crippen LogP contribution in [0.2, 0.25) is 0 Å². The molecule has 288 valence electrons. The summed E-state index contributed by atoms with van der Waals surface area (Å²) in [6, 6.07) is 62.2. The van der Waals surface area contributed by atoms with Gasteiger partial charge in [-0.25, -0.2) is 0 Å². The number of nitrogens with zero attached hydrogens (tertiary/aromatic N) is 2. The van der Waals surface area contributed by atoms with Crippen molar-refractivity contribution in [1.29, 1.82) is 0 Å². The number of anilines is 2. The predicted octanol–water partition coefficient (Wildman–Crippen LogP) is 15.6. The number of hydrogen-bond acceptors (Lipinski definition) is 2. The number of aryl methyl sites for hydroxylation is 1. The van der Waals surface area contributed by atoms with Crippen LogP contribution in [0, 0.1) is 6.92 Å². The van der Waals surface area contributed by atoms with Crippen molar-refractivity contribution in [2.75, 3.05) is 4.90 Å². The Morgan fingerprint density at radius 3 is 1.72 bits per heavy atom. The quantitative estimate of drug-likeness (QED) is 0.0896. The minimum atomic E-state index is -0.460. The summed E-state index contributed by atoms with van der Waals surface area (Å²) in [6.07, 6.45) is 8.82. The van der Waals surface area contributed by atoms with Gasteiger partial charge in [-0.2, -0.15) is 0 Å². The van der Waals surface area contributed by atoms with Gasteiger partial charge in [0.2, 0.25) is 0 Å². The summed E-state index contributed by atoms with van der Waals surface area (Å²) < 4.78 is 0. The van der Waals surface area contributed by atoms with Gasteiger partial charge in [-0.15, -0.1) is 0 Å². The molecule has 1 aliphatic carbocycles. The normalized spacial score (nSPS) is 14.3. The van der Waals surface area contributed by atoms with Crippen molar-refractivity contribution in [3.05, 3.63) is 221 Å². The second kappa shape index (κ2) is 18.2. The van der Waals surface area contributed by atoms with E-state index in [1.165, 1.54) is 66.8 Å². The summed E-state index contributed by atoms with van der Waals surface area (Å²) in [5, 5.41) is 0. The van der Waals surface area contributed by atoms with Gasteiger partial charge in [0.05, 0.1) is 16.8 Å². The molecule has 1 atom stereocenters. The topological polar surface area (TPSA) is 15.6 Å². The predicted molar refractivity (Wildman–Crippen MR) is 251 cm³/mol. The zero-order valence-electron chi connectivity index (χ0n) is 34.6. The van der Waals surface area contributed by atoms with Crippen LogP contribution in [0.1, 0.15) is 68.4 Å². The lowest BCUT2D eigenvalue weighted by atomic mass is 9.65. The van der Waals surface area contributed by atoms with Gasteiger partial charge in [0.15, 0.2) is 0 Å². The Labute approximate surface area is 346 Å². The smallest absolute Gasteiger partial charge is 0.0859 e. The SMILES string of the molecule is C=Nc1ccccc1N(Cc1ccc(-c2ccc3c(c2)C(/C(=C/C=C\CC)CC)(c2ccccc2)c2cc(-c4ccc(C)cc4)ccc2-3)cc1)c1ccccc1.CC. The summed E-state index contributed by atoms with van der Waals surface area (Å²) in [5.41, 5.74) is 17.9. The second-order valence-corrected chi connectivity index (χ2v) is 14.7. The van der Waals surface area contributed by atoms with E-state index < -0.39 is 5.41 Å². The van der Waals surface area contributed by atoms with Crippen LogP contribution in [-0.4, -0.2) is 6.72 Å². The van der Waals surface area contributed by atoms with Crippen LogP contribution in [0.5, 0.6) is 0 Å². The highest BCUT2D eigenvalue weighted by atomic mass is 15.1. The number of aliphatic imine (C=N–C) groups is 1. The molecule has 0 aliphatic heterocycles. The highest BCUT2D eigenvalue weighted by Gasteiger charge is 2.47. The summed E-state index contributed by atoms with van der Waals surface area (Å²) >= 11 is 0. The lowest BCUT2D eigenvalue weighted by Gasteiger charge is -2.36. The maximum atomic E-state index is 4.35. The zero-order valence-corrected chi connectivity index (χ0v) is 34.6. The molecule has 0 saturated carbocycles. The molecule has 0 N–H and O–H groups in total. The van der Waals surface area contributed by atoms with E-state index in [0.29, 0.717) is 6.54 Å². The van der Waals surface area contributed by atoms with Crippen LogP contribution in [0.15, 0.2) is 199 Å². The van der Waals surface area contributed by atoms with Crippen molar-refractivity contribution in [2.24, 2.45) is 4.99 Å². The maximum absolute atomic E-state index is 4.35. The van der Waals surface area contributed by atoms with Crippen molar-refractivity contribution in [3.63, 3.8) is 0 Å². The van der Waals surface area contributed by atoms with Crippen molar-refractivity contribution < 1.29 is 0 Å². The molecule has 1 aliphatic rings. The van der Waals surface area contributed by atoms with Gasteiger partial charge >= 0.3 is 0 Å². The second-order valence-electron chi connectivity index (χ2n) is 14.7. The third-order valence-corrected chi connectivity index (χ3v) is 11.3. The van der Waals surface area contributed by atoms with E-state index in [1.54, 1.807) is 0 Å². The molecule has 0 radical (unpaired) electrons. The molecule has 0 aromatic heterocycles. The summed E-state index contributed by atoms with van der Waals surface area (Å²) in [4.78, 5) is 6.67. The lowest BCUT2D eigenvalue weighted by molar-refractivity contribution is 0.713. The average molecular weight is 755 g/mol. The summed E-state index contributed by atoms with van der Waals surface area (Å²) in [5.74, 6) is 0. The van der Waals surface area contributed by atoms with E-state index in [1.807, 2.05) is 26.0 Å². The molecular formula is C56H54N2. The van der Waals surface area contributed by atoms with Crippen LogP contribution in [-0.2, 0) is 12.0 Å². The molecule has 2 nitrogen and oxygen atoms in total. The number of benzene rings is 7. The van der Waals surface area contributed by atoms with Crippen LogP contribution < -0.4 is 4.90 Å². The van der Waals surface area contributed by atoms with E-state index in [2.05, 4.69) is 213 Å². The van der Waals surface area contributed by atoms with Gasteiger partial charge in [-0.1, -0.05) is 191 Å². The monoisotopic (exact) mass is 754 g/mol. The Morgan fingerprint density at radius 2 is 1.16 bits per heavy atom. The fourth-order valence-corrected chi connectivity index (χ4v) is 8.52. The van der Waals surface area contributed by atoms with E-state index in [-0.39, 0.29) is 0 Å². The molecule has 58 heavy (non-hydrogen) atoms.